The molecule has 3 heteroatoms. The Morgan fingerprint density at radius 2 is 2.00 bits per heavy atom. The summed E-state index contributed by atoms with van der Waals surface area (Å²) in [6.07, 6.45) is 4.05. The summed E-state index contributed by atoms with van der Waals surface area (Å²) in [6, 6.07) is 0.634. The van der Waals surface area contributed by atoms with Crippen molar-refractivity contribution in [3.8, 4) is 0 Å². The average Bonchev–Trinajstić information content (AvgIpc) is 2.21. The van der Waals surface area contributed by atoms with Gasteiger partial charge in [-0.2, -0.15) is 11.8 Å². The van der Waals surface area contributed by atoms with Crippen molar-refractivity contribution in [2.75, 3.05) is 31.9 Å². The molecule has 102 valence electrons. The van der Waals surface area contributed by atoms with Crippen molar-refractivity contribution in [1.82, 2.24) is 10.2 Å². The van der Waals surface area contributed by atoms with E-state index in [9.17, 15) is 0 Å². The number of rotatable bonds is 7. The quantitative estimate of drug-likeness (QED) is 0.707. The second kappa shape index (κ2) is 7.65. The molecule has 2 nitrogen and oxygen atoms in total. The van der Waals surface area contributed by atoms with E-state index in [0.29, 0.717) is 10.8 Å². The van der Waals surface area contributed by atoms with Gasteiger partial charge in [0.05, 0.1) is 0 Å². The first-order chi connectivity index (χ1) is 7.99. The molecule has 0 aliphatic carbocycles. The van der Waals surface area contributed by atoms with E-state index >= 15 is 0 Å². The molecule has 0 aromatic rings. The lowest BCUT2D eigenvalue weighted by Crippen LogP contribution is -2.43. The lowest BCUT2D eigenvalue weighted by Gasteiger charge is -2.37. The van der Waals surface area contributed by atoms with Crippen molar-refractivity contribution in [2.45, 2.75) is 57.7 Å². The van der Waals surface area contributed by atoms with Gasteiger partial charge in [0.15, 0.2) is 0 Å². The van der Waals surface area contributed by atoms with Gasteiger partial charge in [-0.25, -0.2) is 0 Å². The fourth-order valence-corrected chi connectivity index (χ4v) is 3.51. The third-order valence-corrected chi connectivity index (χ3v) is 4.51. The van der Waals surface area contributed by atoms with E-state index in [-0.39, 0.29) is 0 Å². The van der Waals surface area contributed by atoms with Crippen LogP contribution in [0.3, 0.4) is 0 Å². The first-order valence-corrected chi connectivity index (χ1v) is 8.08. The van der Waals surface area contributed by atoms with E-state index in [1.165, 1.54) is 51.2 Å². The first-order valence-electron chi connectivity index (χ1n) is 7.09. The number of hydrogen-bond acceptors (Lipinski definition) is 3. The largest absolute Gasteiger partial charge is 0.315 e. The zero-order chi connectivity index (χ0) is 12.7. The Kier molecular flexibility index (Phi) is 6.90. The molecular formula is C14H30N2S. The third-order valence-electron chi connectivity index (χ3n) is 3.21. The minimum absolute atomic E-state index is 0.470. The fraction of sp³-hybridized carbons (Fsp3) is 1.00. The highest BCUT2D eigenvalue weighted by Gasteiger charge is 2.26. The SMILES string of the molecule is CC(C)NCCCCCN1CCSC(C)(C)C1. The lowest BCUT2D eigenvalue weighted by molar-refractivity contribution is 0.254. The Bertz CT molecular complexity index is 204. The molecule has 0 aromatic heterocycles. The number of nitrogens with zero attached hydrogens (tertiary/aromatic N) is 1. The van der Waals surface area contributed by atoms with Crippen LogP contribution in [0.4, 0.5) is 0 Å². The highest BCUT2D eigenvalue weighted by atomic mass is 32.2. The molecular weight excluding hydrogens is 228 g/mol. The fourth-order valence-electron chi connectivity index (χ4n) is 2.33. The molecule has 0 radical (unpaired) electrons. The number of nitrogens with one attached hydrogen (secondary N) is 1. The Balaban J connectivity index is 1.99. The molecule has 1 saturated heterocycles. The molecule has 1 rings (SSSR count). The number of thioether (sulfide) groups is 1. The second-order valence-electron chi connectivity index (χ2n) is 6.05. The van der Waals surface area contributed by atoms with Crippen molar-refractivity contribution >= 4 is 11.8 Å². The van der Waals surface area contributed by atoms with E-state index < -0.39 is 0 Å². The summed E-state index contributed by atoms with van der Waals surface area (Å²) < 4.78 is 0.470. The van der Waals surface area contributed by atoms with Crippen LogP contribution in [0.25, 0.3) is 0 Å². The molecule has 0 spiro atoms. The first kappa shape index (κ1) is 15.3. The van der Waals surface area contributed by atoms with Crippen molar-refractivity contribution < 1.29 is 0 Å². The van der Waals surface area contributed by atoms with Crippen molar-refractivity contribution in [1.29, 1.82) is 0 Å². The van der Waals surface area contributed by atoms with Gasteiger partial charge in [-0.3, -0.25) is 0 Å². The molecule has 1 aliphatic rings. The molecule has 0 amide bonds. The topological polar surface area (TPSA) is 15.3 Å². The highest BCUT2D eigenvalue weighted by molar-refractivity contribution is 8.00. The van der Waals surface area contributed by atoms with E-state index in [1.54, 1.807) is 0 Å². The summed E-state index contributed by atoms with van der Waals surface area (Å²) in [7, 11) is 0. The van der Waals surface area contributed by atoms with Crippen LogP contribution >= 0.6 is 11.8 Å². The predicted octanol–water partition coefficient (Wildman–Crippen LogP) is 2.98. The lowest BCUT2D eigenvalue weighted by atomic mass is 10.1. The van der Waals surface area contributed by atoms with Crippen LogP contribution < -0.4 is 5.32 Å². The molecule has 0 bridgehead atoms. The smallest absolute Gasteiger partial charge is 0.0231 e. The minimum Gasteiger partial charge on any atom is -0.315 e. The van der Waals surface area contributed by atoms with Gasteiger partial charge in [0.25, 0.3) is 0 Å². The molecule has 0 unspecified atom stereocenters. The maximum absolute atomic E-state index is 3.48. The summed E-state index contributed by atoms with van der Waals surface area (Å²) in [5.41, 5.74) is 0. The van der Waals surface area contributed by atoms with E-state index in [0.717, 1.165) is 0 Å². The summed E-state index contributed by atoms with van der Waals surface area (Å²) >= 11 is 2.12. The van der Waals surface area contributed by atoms with Gasteiger partial charge in [0.1, 0.15) is 0 Å². The maximum atomic E-state index is 3.48. The van der Waals surface area contributed by atoms with Crippen LogP contribution in [0.5, 0.6) is 0 Å². The van der Waals surface area contributed by atoms with E-state index in [4.69, 9.17) is 0 Å². The Labute approximate surface area is 112 Å². The molecule has 1 N–H and O–H groups in total. The average molecular weight is 258 g/mol. The van der Waals surface area contributed by atoms with E-state index in [1.807, 2.05) is 0 Å². The Morgan fingerprint density at radius 1 is 1.24 bits per heavy atom. The van der Waals surface area contributed by atoms with Gasteiger partial charge in [0.2, 0.25) is 0 Å². The van der Waals surface area contributed by atoms with Gasteiger partial charge in [-0.1, -0.05) is 20.3 Å². The van der Waals surface area contributed by atoms with Crippen molar-refractivity contribution in [3.05, 3.63) is 0 Å². The minimum atomic E-state index is 0.470. The zero-order valence-electron chi connectivity index (χ0n) is 12.1. The molecule has 0 aromatic carbocycles. The summed E-state index contributed by atoms with van der Waals surface area (Å²) in [4.78, 5) is 2.65. The van der Waals surface area contributed by atoms with Gasteiger partial charge >= 0.3 is 0 Å². The van der Waals surface area contributed by atoms with Crippen LogP contribution in [0.2, 0.25) is 0 Å². The van der Waals surface area contributed by atoms with Gasteiger partial charge in [-0.05, 0) is 39.8 Å². The predicted molar refractivity (Wildman–Crippen MR) is 80.0 cm³/mol. The Morgan fingerprint density at radius 3 is 2.65 bits per heavy atom. The Hall–Kier alpha value is 0.270. The van der Waals surface area contributed by atoms with Crippen LogP contribution in [-0.4, -0.2) is 47.6 Å². The summed E-state index contributed by atoms with van der Waals surface area (Å²) in [5.74, 6) is 1.31. The molecule has 1 heterocycles. The normalized spacial score (nSPS) is 21.0. The molecule has 1 aliphatic heterocycles. The van der Waals surface area contributed by atoms with E-state index in [2.05, 4.69) is 49.7 Å². The van der Waals surface area contributed by atoms with Gasteiger partial charge < -0.3 is 10.2 Å². The summed E-state index contributed by atoms with van der Waals surface area (Å²) in [6.45, 7) is 14.2. The van der Waals surface area contributed by atoms with Crippen LogP contribution in [0.1, 0.15) is 47.0 Å². The molecule has 0 saturated carbocycles. The second-order valence-corrected chi connectivity index (χ2v) is 7.86. The van der Waals surface area contributed by atoms with Gasteiger partial charge in [-0.15, -0.1) is 0 Å². The van der Waals surface area contributed by atoms with Crippen LogP contribution in [-0.2, 0) is 0 Å². The van der Waals surface area contributed by atoms with Gasteiger partial charge in [0, 0.05) is 29.6 Å². The van der Waals surface area contributed by atoms with Crippen molar-refractivity contribution in [2.24, 2.45) is 0 Å². The molecule has 0 atom stereocenters. The zero-order valence-corrected chi connectivity index (χ0v) is 12.9. The molecule has 17 heavy (non-hydrogen) atoms. The third kappa shape index (κ3) is 7.32. The number of hydrogen-bond donors (Lipinski definition) is 1. The standard InChI is InChI=1S/C14H30N2S/c1-13(2)15-8-6-5-7-9-16-10-11-17-14(3,4)12-16/h13,15H,5-12H2,1-4H3. The van der Waals surface area contributed by atoms with Crippen LogP contribution in [0, 0.1) is 0 Å². The van der Waals surface area contributed by atoms with Crippen molar-refractivity contribution in [3.63, 3.8) is 0 Å². The molecule has 1 fully saturated rings. The maximum Gasteiger partial charge on any atom is 0.0231 e. The summed E-state index contributed by atoms with van der Waals surface area (Å²) in [5, 5.41) is 3.48. The highest BCUT2D eigenvalue weighted by Crippen LogP contribution is 2.29. The number of unbranched alkanes of at least 4 members (excludes halogenated alkanes) is 2. The van der Waals surface area contributed by atoms with Crippen LogP contribution in [0.15, 0.2) is 0 Å². The monoisotopic (exact) mass is 258 g/mol.